The van der Waals surface area contributed by atoms with E-state index in [-0.39, 0.29) is 5.92 Å². The first-order chi connectivity index (χ1) is 9.24. The third-order valence-electron chi connectivity index (χ3n) is 3.17. The van der Waals surface area contributed by atoms with E-state index in [2.05, 4.69) is 19.1 Å². The average molecular weight is 283 g/mol. The standard InChI is InChI=1S/C15H25NO4/c1-5-6-7-8-11-9-12(13(17)18)16(10-11)14(19)20-15(2,3)4/h6-7,11-12H,5,8-10H2,1-4H3,(H,17,18)/t11-,12+/m1/s1. The molecule has 1 N–H and O–H groups in total. The summed E-state index contributed by atoms with van der Waals surface area (Å²) in [5.41, 5.74) is -0.611. The van der Waals surface area contributed by atoms with Crippen LogP contribution in [0.2, 0.25) is 0 Å². The highest BCUT2D eigenvalue weighted by atomic mass is 16.6. The Morgan fingerprint density at radius 3 is 2.50 bits per heavy atom. The number of hydrogen-bond acceptors (Lipinski definition) is 3. The van der Waals surface area contributed by atoms with Crippen LogP contribution in [0.15, 0.2) is 12.2 Å². The summed E-state index contributed by atoms with van der Waals surface area (Å²) >= 11 is 0. The molecule has 1 aliphatic rings. The molecule has 1 saturated heterocycles. The zero-order valence-electron chi connectivity index (χ0n) is 12.8. The Kier molecular flexibility index (Phi) is 5.60. The van der Waals surface area contributed by atoms with Gasteiger partial charge in [-0.05, 0) is 46.0 Å². The second kappa shape index (κ2) is 6.77. The molecule has 0 aromatic rings. The molecule has 0 aromatic heterocycles. The fraction of sp³-hybridized carbons (Fsp3) is 0.733. The molecule has 1 fully saturated rings. The van der Waals surface area contributed by atoms with Gasteiger partial charge in [-0.15, -0.1) is 0 Å². The first-order valence-corrected chi connectivity index (χ1v) is 7.12. The summed E-state index contributed by atoms with van der Waals surface area (Å²) in [6.45, 7) is 7.83. The number of carbonyl (C=O) groups is 2. The van der Waals surface area contributed by atoms with Gasteiger partial charge >= 0.3 is 12.1 Å². The number of carboxylic acid groups (broad SMARTS) is 1. The molecule has 20 heavy (non-hydrogen) atoms. The third kappa shape index (κ3) is 4.87. The highest BCUT2D eigenvalue weighted by Crippen LogP contribution is 2.28. The van der Waals surface area contributed by atoms with Crippen LogP contribution in [0.1, 0.15) is 47.0 Å². The molecule has 1 aliphatic heterocycles. The van der Waals surface area contributed by atoms with Gasteiger partial charge in [-0.25, -0.2) is 9.59 Å². The fourth-order valence-electron chi connectivity index (χ4n) is 2.31. The minimum Gasteiger partial charge on any atom is -0.480 e. The SMILES string of the molecule is CCC=CC[C@@H]1C[C@@H](C(=O)O)N(C(=O)OC(C)(C)C)C1. The van der Waals surface area contributed by atoms with Gasteiger partial charge in [0.15, 0.2) is 0 Å². The van der Waals surface area contributed by atoms with Gasteiger partial charge in [-0.3, -0.25) is 4.90 Å². The van der Waals surface area contributed by atoms with Crippen molar-refractivity contribution in [3.8, 4) is 0 Å². The number of carboxylic acids is 1. The molecule has 2 atom stereocenters. The lowest BCUT2D eigenvalue weighted by atomic mass is 10.0. The molecule has 0 spiro atoms. The molecule has 0 aromatic carbocycles. The fourth-order valence-corrected chi connectivity index (χ4v) is 2.31. The van der Waals surface area contributed by atoms with Gasteiger partial charge in [0.2, 0.25) is 0 Å². The number of nitrogens with zero attached hydrogens (tertiary/aromatic N) is 1. The van der Waals surface area contributed by atoms with Gasteiger partial charge in [0, 0.05) is 6.54 Å². The van der Waals surface area contributed by atoms with Crippen LogP contribution in [0, 0.1) is 5.92 Å². The molecule has 0 bridgehead atoms. The van der Waals surface area contributed by atoms with E-state index in [9.17, 15) is 14.7 Å². The lowest BCUT2D eigenvalue weighted by Crippen LogP contribution is -2.43. The molecule has 1 rings (SSSR count). The number of amides is 1. The van der Waals surface area contributed by atoms with Gasteiger partial charge < -0.3 is 9.84 Å². The summed E-state index contributed by atoms with van der Waals surface area (Å²) in [7, 11) is 0. The summed E-state index contributed by atoms with van der Waals surface area (Å²) in [6, 6.07) is -0.773. The van der Waals surface area contributed by atoms with E-state index in [4.69, 9.17) is 4.74 Å². The van der Waals surface area contributed by atoms with E-state index in [1.165, 1.54) is 4.90 Å². The first kappa shape index (κ1) is 16.5. The van der Waals surface area contributed by atoms with Crippen molar-refractivity contribution in [1.29, 1.82) is 0 Å². The second-order valence-electron chi connectivity index (χ2n) is 6.20. The molecule has 5 nitrogen and oxygen atoms in total. The Hall–Kier alpha value is -1.52. The van der Waals surface area contributed by atoms with Crippen molar-refractivity contribution in [3.05, 3.63) is 12.2 Å². The van der Waals surface area contributed by atoms with Crippen molar-refractivity contribution < 1.29 is 19.4 Å². The minimum absolute atomic E-state index is 0.186. The van der Waals surface area contributed by atoms with Crippen LogP contribution in [0.25, 0.3) is 0 Å². The Morgan fingerprint density at radius 1 is 1.35 bits per heavy atom. The van der Waals surface area contributed by atoms with E-state index < -0.39 is 23.7 Å². The number of aliphatic carboxylic acids is 1. The van der Waals surface area contributed by atoms with E-state index in [0.29, 0.717) is 13.0 Å². The van der Waals surface area contributed by atoms with E-state index in [0.717, 1.165) is 12.8 Å². The lowest BCUT2D eigenvalue weighted by molar-refractivity contribution is -0.142. The largest absolute Gasteiger partial charge is 0.480 e. The predicted molar refractivity (Wildman–Crippen MR) is 76.5 cm³/mol. The Bertz CT molecular complexity index is 384. The quantitative estimate of drug-likeness (QED) is 0.805. The molecule has 0 unspecified atom stereocenters. The van der Waals surface area contributed by atoms with Crippen LogP contribution in [-0.2, 0) is 9.53 Å². The van der Waals surface area contributed by atoms with Gasteiger partial charge in [-0.2, -0.15) is 0 Å². The zero-order chi connectivity index (χ0) is 15.3. The minimum atomic E-state index is -0.960. The Morgan fingerprint density at radius 2 is 2.00 bits per heavy atom. The van der Waals surface area contributed by atoms with Crippen LogP contribution >= 0.6 is 0 Å². The maximum atomic E-state index is 12.1. The van der Waals surface area contributed by atoms with Crippen LogP contribution in [0.3, 0.4) is 0 Å². The zero-order valence-corrected chi connectivity index (χ0v) is 12.8. The monoisotopic (exact) mass is 283 g/mol. The highest BCUT2D eigenvalue weighted by Gasteiger charge is 2.40. The van der Waals surface area contributed by atoms with E-state index in [1.54, 1.807) is 20.8 Å². The average Bonchev–Trinajstić information content (AvgIpc) is 2.71. The molecule has 0 saturated carbocycles. The number of carbonyl (C=O) groups excluding carboxylic acids is 1. The van der Waals surface area contributed by atoms with Crippen molar-refractivity contribution in [2.24, 2.45) is 5.92 Å². The number of rotatable bonds is 4. The maximum Gasteiger partial charge on any atom is 0.411 e. The van der Waals surface area contributed by atoms with Gasteiger partial charge in [-0.1, -0.05) is 19.1 Å². The van der Waals surface area contributed by atoms with Crippen LogP contribution in [-0.4, -0.2) is 40.3 Å². The second-order valence-corrected chi connectivity index (χ2v) is 6.20. The number of likely N-dealkylation sites (tertiary alicyclic amines) is 1. The number of ether oxygens (including phenoxy) is 1. The number of allylic oxidation sites excluding steroid dienone is 2. The topological polar surface area (TPSA) is 66.8 Å². The van der Waals surface area contributed by atoms with E-state index in [1.807, 2.05) is 0 Å². The molecule has 1 amide bonds. The van der Waals surface area contributed by atoms with Crippen molar-refractivity contribution in [2.75, 3.05) is 6.54 Å². The van der Waals surface area contributed by atoms with E-state index >= 15 is 0 Å². The van der Waals surface area contributed by atoms with Gasteiger partial charge in [0.25, 0.3) is 0 Å². The molecule has 1 heterocycles. The molecule has 0 radical (unpaired) electrons. The Labute approximate surface area is 120 Å². The predicted octanol–water partition coefficient (Wildman–Crippen LogP) is 3.05. The maximum absolute atomic E-state index is 12.1. The summed E-state index contributed by atoms with van der Waals surface area (Å²) < 4.78 is 5.28. The van der Waals surface area contributed by atoms with Gasteiger partial charge in [0.1, 0.15) is 11.6 Å². The van der Waals surface area contributed by atoms with Crippen LogP contribution in [0.4, 0.5) is 4.79 Å². The summed E-state index contributed by atoms with van der Waals surface area (Å²) in [5, 5.41) is 9.25. The normalized spacial score (nSPS) is 23.3. The van der Waals surface area contributed by atoms with Crippen LogP contribution in [0.5, 0.6) is 0 Å². The van der Waals surface area contributed by atoms with Crippen molar-refractivity contribution in [2.45, 2.75) is 58.6 Å². The molecular formula is C15H25NO4. The van der Waals surface area contributed by atoms with Crippen LogP contribution < -0.4 is 0 Å². The van der Waals surface area contributed by atoms with Gasteiger partial charge in [0.05, 0.1) is 0 Å². The smallest absolute Gasteiger partial charge is 0.411 e. The molecule has 5 heteroatoms. The van der Waals surface area contributed by atoms with Crippen molar-refractivity contribution >= 4 is 12.1 Å². The van der Waals surface area contributed by atoms with Crippen molar-refractivity contribution in [1.82, 2.24) is 4.90 Å². The third-order valence-corrected chi connectivity index (χ3v) is 3.17. The Balaban J connectivity index is 2.70. The molecule has 0 aliphatic carbocycles. The summed E-state index contributed by atoms with van der Waals surface area (Å²) in [4.78, 5) is 24.7. The number of hydrogen-bond donors (Lipinski definition) is 1. The molecular weight excluding hydrogens is 258 g/mol. The molecule has 114 valence electrons. The first-order valence-electron chi connectivity index (χ1n) is 7.12. The summed E-state index contributed by atoms with van der Waals surface area (Å²) in [5.74, 6) is -0.774. The summed E-state index contributed by atoms with van der Waals surface area (Å²) in [6.07, 6.45) is 5.84. The lowest BCUT2D eigenvalue weighted by Gasteiger charge is -2.26. The highest BCUT2D eigenvalue weighted by molar-refractivity contribution is 5.81. The van der Waals surface area contributed by atoms with Crippen molar-refractivity contribution in [3.63, 3.8) is 0 Å².